The highest BCUT2D eigenvalue weighted by Gasteiger charge is 2.26. The number of aromatic nitrogens is 1. The van der Waals surface area contributed by atoms with E-state index in [0.29, 0.717) is 11.5 Å². The highest BCUT2D eigenvalue weighted by atomic mass is 16.4. The third-order valence-electron chi connectivity index (χ3n) is 8.46. The summed E-state index contributed by atoms with van der Waals surface area (Å²) in [6.45, 7) is 0. The Kier molecular flexibility index (Phi) is 5.78. The van der Waals surface area contributed by atoms with Gasteiger partial charge in [-0.15, -0.1) is 0 Å². The minimum absolute atomic E-state index is 0.573. The van der Waals surface area contributed by atoms with Gasteiger partial charge < -0.3 is 13.7 Å². The molecule has 4 heteroatoms. The van der Waals surface area contributed by atoms with Crippen molar-refractivity contribution in [2.24, 2.45) is 0 Å². The maximum atomic E-state index is 6.68. The van der Waals surface area contributed by atoms with Crippen LogP contribution in [-0.4, -0.2) is 4.98 Å². The number of hydrogen-bond acceptors (Lipinski definition) is 4. The number of hydrogen-bond donors (Lipinski definition) is 0. The Hall–Kier alpha value is -6.13. The largest absolute Gasteiger partial charge is 0.456 e. The summed E-state index contributed by atoms with van der Waals surface area (Å²) in [5.74, 6) is 0.573. The summed E-state index contributed by atoms with van der Waals surface area (Å²) >= 11 is 0. The first-order valence-corrected chi connectivity index (χ1v) is 15.0. The van der Waals surface area contributed by atoms with E-state index < -0.39 is 0 Å². The fourth-order valence-corrected chi connectivity index (χ4v) is 6.32. The predicted octanol–water partition coefficient (Wildman–Crippen LogP) is 11.7. The van der Waals surface area contributed by atoms with Gasteiger partial charge in [0.2, 0.25) is 5.89 Å². The molecule has 0 spiro atoms. The molecular formula is C41H26N2O2. The Labute approximate surface area is 259 Å². The van der Waals surface area contributed by atoms with Gasteiger partial charge in [0.25, 0.3) is 0 Å². The molecule has 0 aliphatic carbocycles. The second-order valence-corrected chi connectivity index (χ2v) is 11.2. The Morgan fingerprint density at radius 3 is 1.96 bits per heavy atom. The van der Waals surface area contributed by atoms with E-state index in [2.05, 4.69) is 102 Å². The molecule has 2 aromatic heterocycles. The summed E-state index contributed by atoms with van der Waals surface area (Å²) in [6.07, 6.45) is 0. The maximum absolute atomic E-state index is 6.68. The van der Waals surface area contributed by atoms with Gasteiger partial charge in [-0.1, -0.05) is 103 Å². The molecule has 0 fully saturated rings. The molecule has 9 rings (SSSR count). The van der Waals surface area contributed by atoms with Crippen LogP contribution in [0, 0.1) is 0 Å². The Morgan fingerprint density at radius 1 is 0.467 bits per heavy atom. The molecule has 0 radical (unpaired) electrons. The van der Waals surface area contributed by atoms with Gasteiger partial charge in [0, 0.05) is 28.4 Å². The van der Waals surface area contributed by atoms with Crippen LogP contribution in [0.2, 0.25) is 0 Å². The minimum Gasteiger partial charge on any atom is -0.456 e. The Bertz CT molecular complexity index is 2480. The normalized spacial score (nSPS) is 11.6. The van der Waals surface area contributed by atoms with Crippen LogP contribution in [0.5, 0.6) is 0 Å². The summed E-state index contributed by atoms with van der Waals surface area (Å²) in [4.78, 5) is 7.22. The van der Waals surface area contributed by atoms with E-state index in [1.807, 2.05) is 60.7 Å². The third-order valence-corrected chi connectivity index (χ3v) is 8.46. The van der Waals surface area contributed by atoms with Crippen LogP contribution < -0.4 is 4.90 Å². The van der Waals surface area contributed by atoms with Crippen molar-refractivity contribution in [1.29, 1.82) is 0 Å². The number of nitrogens with zero attached hydrogens (tertiary/aromatic N) is 2. The van der Waals surface area contributed by atoms with Crippen LogP contribution in [0.4, 0.5) is 17.1 Å². The molecule has 2 heterocycles. The first-order chi connectivity index (χ1) is 22.3. The van der Waals surface area contributed by atoms with Crippen LogP contribution in [-0.2, 0) is 0 Å². The highest BCUT2D eigenvalue weighted by Crippen LogP contribution is 2.48. The number of furan rings is 1. The molecule has 9 aromatic rings. The number of fused-ring (bicyclic) bond motifs is 5. The van der Waals surface area contributed by atoms with Crippen LogP contribution in [0.15, 0.2) is 167 Å². The van der Waals surface area contributed by atoms with Crippen molar-refractivity contribution in [2.75, 3.05) is 4.90 Å². The van der Waals surface area contributed by atoms with Gasteiger partial charge in [0.05, 0.1) is 5.39 Å². The SMILES string of the molecule is c1ccc(-c2nc3cc4oc5ccccc5c4c(N(c4ccccc4)c4ccc(-c5ccc6ccccc6c5)cc4)c3o2)cc1. The van der Waals surface area contributed by atoms with Crippen molar-refractivity contribution >= 4 is 60.9 Å². The van der Waals surface area contributed by atoms with Crippen molar-refractivity contribution in [3.63, 3.8) is 0 Å². The van der Waals surface area contributed by atoms with E-state index in [0.717, 1.165) is 55.6 Å². The molecule has 0 saturated heterocycles. The van der Waals surface area contributed by atoms with Crippen molar-refractivity contribution in [3.05, 3.63) is 158 Å². The van der Waals surface area contributed by atoms with E-state index in [1.54, 1.807) is 0 Å². The average molecular weight is 579 g/mol. The van der Waals surface area contributed by atoms with Gasteiger partial charge in [-0.2, -0.15) is 0 Å². The Balaban J connectivity index is 1.29. The summed E-state index contributed by atoms with van der Waals surface area (Å²) in [7, 11) is 0. The minimum atomic E-state index is 0.573. The predicted molar refractivity (Wildman–Crippen MR) is 184 cm³/mol. The smallest absolute Gasteiger partial charge is 0.227 e. The van der Waals surface area contributed by atoms with Crippen LogP contribution >= 0.6 is 0 Å². The molecule has 45 heavy (non-hydrogen) atoms. The third kappa shape index (κ3) is 4.27. The van der Waals surface area contributed by atoms with Crippen molar-refractivity contribution in [2.45, 2.75) is 0 Å². The molecule has 4 nitrogen and oxygen atoms in total. The number of rotatable bonds is 5. The monoisotopic (exact) mass is 578 g/mol. The lowest BCUT2D eigenvalue weighted by Crippen LogP contribution is -2.10. The zero-order chi connectivity index (χ0) is 29.7. The topological polar surface area (TPSA) is 42.4 Å². The number of para-hydroxylation sites is 2. The molecule has 212 valence electrons. The average Bonchev–Trinajstić information content (AvgIpc) is 3.71. The highest BCUT2D eigenvalue weighted by molar-refractivity contribution is 6.20. The van der Waals surface area contributed by atoms with Crippen molar-refractivity contribution < 1.29 is 8.83 Å². The first-order valence-electron chi connectivity index (χ1n) is 15.0. The van der Waals surface area contributed by atoms with Gasteiger partial charge in [-0.25, -0.2) is 4.98 Å². The molecule has 7 aromatic carbocycles. The lowest BCUT2D eigenvalue weighted by atomic mass is 10.0. The fraction of sp³-hybridized carbons (Fsp3) is 0. The van der Waals surface area contributed by atoms with Gasteiger partial charge in [0.15, 0.2) is 5.58 Å². The summed E-state index contributed by atoms with van der Waals surface area (Å²) in [6, 6.07) is 54.4. The molecule has 0 aliphatic heterocycles. The Morgan fingerprint density at radius 2 is 1.13 bits per heavy atom. The van der Waals surface area contributed by atoms with Gasteiger partial charge in [-0.05, 0) is 70.4 Å². The second-order valence-electron chi connectivity index (χ2n) is 11.2. The van der Waals surface area contributed by atoms with Crippen LogP contribution in [0.1, 0.15) is 0 Å². The first kappa shape index (κ1) is 25.4. The van der Waals surface area contributed by atoms with E-state index in [1.165, 1.54) is 16.3 Å². The molecule has 0 unspecified atom stereocenters. The molecule has 0 atom stereocenters. The van der Waals surface area contributed by atoms with E-state index in [-0.39, 0.29) is 0 Å². The van der Waals surface area contributed by atoms with E-state index in [4.69, 9.17) is 13.8 Å². The zero-order valence-corrected chi connectivity index (χ0v) is 24.2. The van der Waals surface area contributed by atoms with E-state index >= 15 is 0 Å². The lowest BCUT2D eigenvalue weighted by molar-refractivity contribution is 0.620. The molecular weight excluding hydrogens is 552 g/mol. The van der Waals surface area contributed by atoms with Crippen LogP contribution in [0.3, 0.4) is 0 Å². The standard InChI is InChI=1S/C41H26N2O2/c1-3-12-29(13-4-1)41-42-35-26-37-38(34-17-9-10-18-36(34)44-37)39(40(35)45-41)43(32-15-5-2-6-16-32)33-23-21-28(22-24-33)31-20-19-27-11-7-8-14-30(27)25-31/h1-26H. The van der Waals surface area contributed by atoms with Gasteiger partial charge in [-0.3, -0.25) is 0 Å². The fourth-order valence-electron chi connectivity index (χ4n) is 6.32. The molecule has 0 amide bonds. The summed E-state index contributed by atoms with van der Waals surface area (Å²) < 4.78 is 13.1. The van der Waals surface area contributed by atoms with Gasteiger partial charge in [0.1, 0.15) is 22.4 Å². The maximum Gasteiger partial charge on any atom is 0.227 e. The molecule has 0 bridgehead atoms. The van der Waals surface area contributed by atoms with Crippen molar-refractivity contribution in [1.82, 2.24) is 4.98 Å². The van der Waals surface area contributed by atoms with Crippen molar-refractivity contribution in [3.8, 4) is 22.6 Å². The zero-order valence-electron chi connectivity index (χ0n) is 24.2. The number of benzene rings is 7. The van der Waals surface area contributed by atoms with E-state index in [9.17, 15) is 0 Å². The molecule has 0 aliphatic rings. The molecule has 0 saturated carbocycles. The number of oxazole rings is 1. The summed E-state index contributed by atoms with van der Waals surface area (Å²) in [5.41, 5.74) is 9.19. The summed E-state index contributed by atoms with van der Waals surface area (Å²) in [5, 5.41) is 4.47. The second kappa shape index (κ2) is 10.2. The lowest BCUT2D eigenvalue weighted by Gasteiger charge is -2.26. The quantitative estimate of drug-likeness (QED) is 0.204. The van der Waals surface area contributed by atoms with Gasteiger partial charge >= 0.3 is 0 Å². The van der Waals surface area contributed by atoms with Crippen LogP contribution in [0.25, 0.3) is 66.4 Å². The number of anilines is 3. The molecule has 0 N–H and O–H groups in total.